The predicted octanol–water partition coefficient (Wildman–Crippen LogP) is 3.02. The van der Waals surface area contributed by atoms with Gasteiger partial charge in [-0.2, -0.15) is 0 Å². The number of guanidine groups is 1. The van der Waals surface area contributed by atoms with E-state index >= 15 is 0 Å². The topological polar surface area (TPSA) is 77.9 Å². The Hall–Kier alpha value is -4.08. The van der Waals surface area contributed by atoms with E-state index in [2.05, 4.69) is 0 Å². The molecular weight excluding hydrogens is 465 g/mol. The number of hydrogen-bond donors (Lipinski definition) is 0. The van der Waals surface area contributed by atoms with E-state index in [4.69, 9.17) is 14.5 Å². The fraction of sp³-hybridized carbons (Fsp3) is 0.346. The number of carbonyl (C=O) groups excluding carboxylic acids is 2. The standard InChI is InChI=1S/C26H28FN5O4/c1-16-14-31-22-23(29(2)26(34)32(24(22)33)15-18-7-5-6-8-19(18)27)28-25(31)30(16)12-11-17-9-10-20(35-3)21(13-17)36-4/h5-10,13-14,22-23H,11-12,15H2,1-4H3. The van der Waals surface area contributed by atoms with Crippen molar-refractivity contribution in [3.63, 3.8) is 0 Å². The van der Waals surface area contributed by atoms with Crippen LogP contribution in [0.2, 0.25) is 0 Å². The molecular formula is C26H28FN5O4. The number of aliphatic imine (C=N–C) groups is 1. The van der Waals surface area contributed by atoms with Crippen molar-refractivity contribution in [2.45, 2.75) is 32.1 Å². The van der Waals surface area contributed by atoms with Crippen molar-refractivity contribution < 1.29 is 23.5 Å². The van der Waals surface area contributed by atoms with Crippen LogP contribution >= 0.6 is 0 Å². The van der Waals surface area contributed by atoms with Gasteiger partial charge in [0.2, 0.25) is 5.96 Å². The van der Waals surface area contributed by atoms with Crippen LogP contribution in [0.3, 0.4) is 0 Å². The first-order valence-electron chi connectivity index (χ1n) is 11.7. The number of hydrogen-bond acceptors (Lipinski definition) is 7. The molecule has 188 valence electrons. The fourth-order valence-corrected chi connectivity index (χ4v) is 4.90. The second-order valence-electron chi connectivity index (χ2n) is 8.97. The minimum atomic E-state index is -0.699. The van der Waals surface area contributed by atoms with Gasteiger partial charge in [-0.25, -0.2) is 14.2 Å². The van der Waals surface area contributed by atoms with E-state index in [-0.39, 0.29) is 12.1 Å². The molecule has 2 unspecified atom stereocenters. The summed E-state index contributed by atoms with van der Waals surface area (Å²) in [5.41, 5.74) is 2.30. The number of rotatable bonds is 7. The molecule has 0 spiro atoms. The third-order valence-electron chi connectivity index (χ3n) is 6.86. The molecule has 2 aromatic rings. The highest BCUT2D eigenvalue weighted by Gasteiger charge is 2.54. The SMILES string of the molecule is COc1ccc(CCN2C(C)=CN3C2=NC2C3C(=O)N(Cc3ccccc3F)C(=O)N2C)cc1OC. The van der Waals surface area contributed by atoms with Crippen molar-refractivity contribution >= 4 is 17.9 Å². The Morgan fingerprint density at radius 1 is 1.03 bits per heavy atom. The third kappa shape index (κ3) is 3.82. The maximum Gasteiger partial charge on any atom is 0.328 e. The Morgan fingerprint density at radius 3 is 2.50 bits per heavy atom. The molecule has 3 amide bonds. The van der Waals surface area contributed by atoms with Crippen molar-refractivity contribution in [1.82, 2.24) is 19.6 Å². The molecule has 10 heteroatoms. The van der Waals surface area contributed by atoms with Crippen LogP contribution < -0.4 is 9.47 Å². The van der Waals surface area contributed by atoms with Crippen molar-refractivity contribution in [2.24, 2.45) is 4.99 Å². The van der Waals surface area contributed by atoms with Gasteiger partial charge in [-0.05, 0) is 37.1 Å². The van der Waals surface area contributed by atoms with E-state index in [0.717, 1.165) is 16.2 Å². The first-order valence-corrected chi connectivity index (χ1v) is 11.7. The van der Waals surface area contributed by atoms with E-state index < -0.39 is 30.0 Å². The molecule has 36 heavy (non-hydrogen) atoms. The Bertz CT molecular complexity index is 1280. The van der Waals surface area contributed by atoms with Crippen LogP contribution in [-0.4, -0.2) is 77.5 Å². The second kappa shape index (κ2) is 9.18. The van der Waals surface area contributed by atoms with Gasteiger partial charge >= 0.3 is 6.03 Å². The number of ether oxygens (including phenoxy) is 2. The molecule has 0 aromatic heterocycles. The number of amides is 3. The molecule has 3 aliphatic rings. The van der Waals surface area contributed by atoms with Crippen LogP contribution in [-0.2, 0) is 17.8 Å². The fourth-order valence-electron chi connectivity index (χ4n) is 4.90. The van der Waals surface area contributed by atoms with E-state index in [1.807, 2.05) is 41.1 Å². The van der Waals surface area contributed by atoms with E-state index in [1.54, 1.807) is 39.5 Å². The number of carbonyl (C=O) groups is 2. The maximum absolute atomic E-state index is 14.3. The molecule has 0 saturated carbocycles. The maximum atomic E-state index is 14.3. The Morgan fingerprint density at radius 2 is 1.78 bits per heavy atom. The van der Waals surface area contributed by atoms with Crippen LogP contribution in [0.5, 0.6) is 11.5 Å². The van der Waals surface area contributed by atoms with Crippen LogP contribution in [0.25, 0.3) is 0 Å². The first kappa shape index (κ1) is 23.7. The van der Waals surface area contributed by atoms with Crippen molar-refractivity contribution in [1.29, 1.82) is 0 Å². The van der Waals surface area contributed by atoms with Gasteiger partial charge in [0, 0.05) is 31.1 Å². The monoisotopic (exact) mass is 493 g/mol. The van der Waals surface area contributed by atoms with Gasteiger partial charge in [0.15, 0.2) is 23.7 Å². The van der Waals surface area contributed by atoms with Gasteiger partial charge < -0.3 is 24.2 Å². The summed E-state index contributed by atoms with van der Waals surface area (Å²) in [5, 5.41) is 0. The van der Waals surface area contributed by atoms with Crippen molar-refractivity contribution in [2.75, 3.05) is 27.8 Å². The summed E-state index contributed by atoms with van der Waals surface area (Å²) in [7, 11) is 4.83. The van der Waals surface area contributed by atoms with Gasteiger partial charge in [0.1, 0.15) is 5.82 Å². The summed E-state index contributed by atoms with van der Waals surface area (Å²) in [6.45, 7) is 2.45. The molecule has 1 fully saturated rings. The number of likely N-dealkylation sites (N-methyl/N-ethyl adjacent to an activating group) is 1. The molecule has 9 nitrogen and oxygen atoms in total. The summed E-state index contributed by atoms with van der Waals surface area (Å²) in [6.07, 6.45) is 1.95. The molecule has 5 rings (SSSR count). The number of fused-ring (bicyclic) bond motifs is 3. The predicted molar refractivity (Wildman–Crippen MR) is 131 cm³/mol. The lowest BCUT2D eigenvalue weighted by Crippen LogP contribution is -2.63. The average Bonchev–Trinajstić information content (AvgIpc) is 3.39. The minimum Gasteiger partial charge on any atom is -0.493 e. The number of benzene rings is 2. The normalized spacial score (nSPS) is 20.9. The number of urea groups is 1. The first-order chi connectivity index (χ1) is 17.3. The molecule has 3 aliphatic heterocycles. The summed E-state index contributed by atoms with van der Waals surface area (Å²) < 4.78 is 25.0. The molecule has 0 aliphatic carbocycles. The molecule has 2 atom stereocenters. The van der Waals surface area contributed by atoms with Gasteiger partial charge in [0.25, 0.3) is 5.91 Å². The van der Waals surface area contributed by atoms with Crippen molar-refractivity contribution in [3.05, 3.63) is 71.3 Å². The average molecular weight is 494 g/mol. The summed E-state index contributed by atoms with van der Waals surface area (Å²) in [5.74, 6) is 1.11. The molecule has 1 saturated heterocycles. The lowest BCUT2D eigenvalue weighted by molar-refractivity contribution is -0.137. The zero-order chi connectivity index (χ0) is 25.6. The zero-order valence-electron chi connectivity index (χ0n) is 20.6. The van der Waals surface area contributed by atoms with Gasteiger partial charge in [-0.15, -0.1) is 0 Å². The smallest absolute Gasteiger partial charge is 0.328 e. The van der Waals surface area contributed by atoms with E-state index in [1.165, 1.54) is 11.0 Å². The summed E-state index contributed by atoms with van der Waals surface area (Å²) >= 11 is 0. The Labute approximate surface area is 209 Å². The number of halogens is 1. The lowest BCUT2D eigenvalue weighted by atomic mass is 10.1. The highest BCUT2D eigenvalue weighted by atomic mass is 19.1. The molecule has 2 aromatic carbocycles. The van der Waals surface area contributed by atoms with Gasteiger partial charge in [-0.3, -0.25) is 9.69 Å². The summed E-state index contributed by atoms with van der Waals surface area (Å²) in [6, 6.07) is 10.8. The largest absolute Gasteiger partial charge is 0.493 e. The zero-order valence-corrected chi connectivity index (χ0v) is 20.6. The number of methoxy groups -OCH3 is 2. The molecule has 0 radical (unpaired) electrons. The van der Waals surface area contributed by atoms with E-state index in [9.17, 15) is 14.0 Å². The van der Waals surface area contributed by atoms with Gasteiger partial charge in [0.05, 0.1) is 20.8 Å². The number of imide groups is 1. The van der Waals surface area contributed by atoms with Crippen LogP contribution in [0, 0.1) is 5.82 Å². The minimum absolute atomic E-state index is 0.132. The molecule has 0 N–H and O–H groups in total. The highest BCUT2D eigenvalue weighted by molar-refractivity contribution is 6.04. The van der Waals surface area contributed by atoms with Crippen molar-refractivity contribution in [3.8, 4) is 11.5 Å². The third-order valence-corrected chi connectivity index (χ3v) is 6.86. The van der Waals surface area contributed by atoms with E-state index in [0.29, 0.717) is 30.4 Å². The molecule has 3 heterocycles. The summed E-state index contributed by atoms with van der Waals surface area (Å²) in [4.78, 5) is 37.8. The number of nitrogens with zero attached hydrogens (tertiary/aromatic N) is 5. The number of allylic oxidation sites excluding steroid dienone is 1. The second-order valence-corrected chi connectivity index (χ2v) is 8.97. The Balaban J connectivity index is 1.35. The Kier molecular flexibility index (Phi) is 6.03. The molecule has 0 bridgehead atoms. The van der Waals surface area contributed by atoms with Crippen LogP contribution in [0.15, 0.2) is 59.4 Å². The highest BCUT2D eigenvalue weighted by Crippen LogP contribution is 2.35. The lowest BCUT2D eigenvalue weighted by Gasteiger charge is -2.40. The van der Waals surface area contributed by atoms with Crippen LogP contribution in [0.4, 0.5) is 9.18 Å². The van der Waals surface area contributed by atoms with Gasteiger partial charge in [-0.1, -0.05) is 24.3 Å². The quantitative estimate of drug-likeness (QED) is 0.590. The van der Waals surface area contributed by atoms with Crippen LogP contribution in [0.1, 0.15) is 18.1 Å².